The zero-order valence-electron chi connectivity index (χ0n) is 15.2. The van der Waals surface area contributed by atoms with Gasteiger partial charge in [0.15, 0.2) is 0 Å². The summed E-state index contributed by atoms with van der Waals surface area (Å²) < 4.78 is 0. The van der Waals surface area contributed by atoms with Crippen molar-refractivity contribution in [2.45, 2.75) is 18.8 Å². The highest BCUT2D eigenvalue weighted by molar-refractivity contribution is 5.98. The minimum Gasteiger partial charge on any atom is -0.318 e. The molecular weight excluding hydrogens is 334 g/mol. The minimum atomic E-state index is -0.324. The Morgan fingerprint density at radius 2 is 1.33 bits per heavy atom. The van der Waals surface area contributed by atoms with Gasteiger partial charge in [-0.25, -0.2) is 4.79 Å². The highest BCUT2D eigenvalue weighted by atomic mass is 16.7. The second kappa shape index (κ2) is 7.20. The molecular formula is C24H21NO2. The Morgan fingerprint density at radius 1 is 0.852 bits per heavy atom. The normalized spacial score (nSPS) is 18.0. The molecule has 1 aliphatic rings. The number of hydrogen-bond acceptors (Lipinski definition) is 3. The number of carbonyl (C=O) groups excluding carboxylic acids is 1. The van der Waals surface area contributed by atoms with Crippen molar-refractivity contribution < 1.29 is 9.63 Å². The molecule has 0 radical (unpaired) electrons. The van der Waals surface area contributed by atoms with Crippen LogP contribution in [0.4, 0.5) is 0 Å². The van der Waals surface area contributed by atoms with Crippen molar-refractivity contribution in [3.63, 3.8) is 0 Å². The fourth-order valence-electron chi connectivity index (χ4n) is 3.73. The van der Waals surface area contributed by atoms with Crippen LogP contribution in [0.15, 0.2) is 96.2 Å². The predicted octanol–water partition coefficient (Wildman–Crippen LogP) is 4.96. The molecule has 0 unspecified atom stereocenters. The Hall–Kier alpha value is -3.20. The Bertz CT molecular complexity index is 910. The number of hydrogen-bond donors (Lipinski definition) is 0. The Morgan fingerprint density at radius 3 is 1.85 bits per heavy atom. The van der Waals surface area contributed by atoms with Gasteiger partial charge in [-0.3, -0.25) is 0 Å². The molecule has 3 nitrogen and oxygen atoms in total. The van der Waals surface area contributed by atoms with E-state index in [-0.39, 0.29) is 17.3 Å². The van der Waals surface area contributed by atoms with Gasteiger partial charge in [0, 0.05) is 5.41 Å². The quantitative estimate of drug-likeness (QED) is 0.369. The van der Waals surface area contributed by atoms with Gasteiger partial charge in [0.25, 0.3) is 0 Å². The van der Waals surface area contributed by atoms with E-state index < -0.39 is 0 Å². The molecule has 0 spiro atoms. The van der Waals surface area contributed by atoms with Gasteiger partial charge in [-0.05, 0) is 30.0 Å². The highest BCUT2D eigenvalue weighted by Gasteiger charge is 2.61. The second-order valence-corrected chi connectivity index (χ2v) is 6.91. The monoisotopic (exact) mass is 355 g/mol. The summed E-state index contributed by atoms with van der Waals surface area (Å²) >= 11 is 0. The zero-order chi connectivity index (χ0) is 18.7. The van der Waals surface area contributed by atoms with Crippen molar-refractivity contribution in [1.29, 1.82) is 0 Å². The average Bonchev–Trinajstić information content (AvgIpc) is 3.51. The Balaban J connectivity index is 1.58. The number of carbonyl (C=O) groups is 1. The lowest BCUT2D eigenvalue weighted by molar-refractivity contribution is -0.145. The maximum atomic E-state index is 12.8. The Labute approximate surface area is 159 Å². The van der Waals surface area contributed by atoms with Crippen molar-refractivity contribution in [3.8, 4) is 0 Å². The molecule has 4 rings (SSSR count). The van der Waals surface area contributed by atoms with E-state index in [1.165, 1.54) is 0 Å². The van der Waals surface area contributed by atoms with E-state index in [0.717, 1.165) is 23.1 Å². The average molecular weight is 355 g/mol. The number of rotatable bonds is 5. The molecule has 0 bridgehead atoms. The van der Waals surface area contributed by atoms with Crippen molar-refractivity contribution in [3.05, 3.63) is 108 Å². The van der Waals surface area contributed by atoms with Crippen LogP contribution in [0.5, 0.6) is 0 Å². The van der Waals surface area contributed by atoms with Crippen molar-refractivity contribution >= 4 is 11.7 Å². The summed E-state index contributed by atoms with van der Waals surface area (Å²) in [5.74, 6) is -0.507. The lowest BCUT2D eigenvalue weighted by atomic mass is 9.86. The third-order valence-corrected chi connectivity index (χ3v) is 5.29. The van der Waals surface area contributed by atoms with Gasteiger partial charge in [0.1, 0.15) is 0 Å². The molecule has 3 aromatic rings. The molecule has 0 aliphatic heterocycles. The van der Waals surface area contributed by atoms with Crippen LogP contribution in [0.1, 0.15) is 30.0 Å². The molecule has 0 amide bonds. The van der Waals surface area contributed by atoms with Crippen molar-refractivity contribution in [2.24, 2.45) is 11.1 Å². The fourth-order valence-corrected chi connectivity index (χ4v) is 3.73. The highest BCUT2D eigenvalue weighted by Crippen LogP contribution is 2.59. The molecule has 1 atom stereocenters. The summed E-state index contributed by atoms with van der Waals surface area (Å²) in [6.45, 7) is 1.84. The number of oxime groups is 1. The summed E-state index contributed by atoms with van der Waals surface area (Å²) in [7, 11) is 0. The van der Waals surface area contributed by atoms with Crippen LogP contribution in [0.2, 0.25) is 0 Å². The standard InChI is InChI=1S/C24H21NO2/c1-18(19-11-5-2-6-12-19)25-27-23(26)22-17-24(22,20-13-7-3-8-14-20)21-15-9-4-10-16-21/h2-16,22H,17H2,1H3/t22-/m1/s1. The molecule has 0 heterocycles. The molecule has 3 aromatic carbocycles. The first-order valence-corrected chi connectivity index (χ1v) is 9.14. The maximum absolute atomic E-state index is 12.8. The first-order valence-electron chi connectivity index (χ1n) is 9.14. The lowest BCUT2D eigenvalue weighted by Gasteiger charge is -2.18. The number of nitrogens with zero attached hydrogens (tertiary/aromatic N) is 1. The zero-order valence-corrected chi connectivity index (χ0v) is 15.2. The minimum absolute atomic E-state index is 0.227. The molecule has 0 aromatic heterocycles. The van der Waals surface area contributed by atoms with Crippen LogP contribution in [0.25, 0.3) is 0 Å². The van der Waals surface area contributed by atoms with Gasteiger partial charge in [0.2, 0.25) is 0 Å². The van der Waals surface area contributed by atoms with Gasteiger partial charge < -0.3 is 4.84 Å². The molecule has 0 saturated heterocycles. The van der Waals surface area contributed by atoms with E-state index in [1.807, 2.05) is 73.7 Å². The molecule has 1 saturated carbocycles. The molecule has 27 heavy (non-hydrogen) atoms. The summed E-state index contributed by atoms with van der Waals surface area (Å²) in [4.78, 5) is 18.1. The third-order valence-electron chi connectivity index (χ3n) is 5.29. The van der Waals surface area contributed by atoms with Crippen LogP contribution < -0.4 is 0 Å². The first-order chi connectivity index (χ1) is 13.2. The van der Waals surface area contributed by atoms with E-state index in [1.54, 1.807) is 0 Å². The summed E-state index contributed by atoms with van der Waals surface area (Å²) in [6, 6.07) is 30.1. The molecule has 1 aliphatic carbocycles. The van der Waals surface area contributed by atoms with E-state index in [2.05, 4.69) is 29.4 Å². The van der Waals surface area contributed by atoms with Crippen LogP contribution in [-0.4, -0.2) is 11.7 Å². The predicted molar refractivity (Wildman–Crippen MR) is 107 cm³/mol. The third kappa shape index (κ3) is 3.28. The van der Waals surface area contributed by atoms with Gasteiger partial charge in [-0.15, -0.1) is 0 Å². The topological polar surface area (TPSA) is 38.7 Å². The van der Waals surface area contributed by atoms with E-state index in [4.69, 9.17) is 4.84 Å². The number of benzene rings is 3. The van der Waals surface area contributed by atoms with Gasteiger partial charge in [-0.1, -0.05) is 96.2 Å². The summed E-state index contributed by atoms with van der Waals surface area (Å²) in [5, 5.41) is 4.08. The van der Waals surface area contributed by atoms with Crippen molar-refractivity contribution in [1.82, 2.24) is 0 Å². The summed E-state index contributed by atoms with van der Waals surface area (Å²) in [5.41, 5.74) is 3.59. The van der Waals surface area contributed by atoms with E-state index in [9.17, 15) is 4.79 Å². The smallest absolute Gasteiger partial charge is 0.318 e. The molecule has 0 N–H and O–H groups in total. The Kier molecular flexibility index (Phi) is 4.59. The molecule has 1 fully saturated rings. The van der Waals surface area contributed by atoms with Gasteiger partial charge >= 0.3 is 5.97 Å². The van der Waals surface area contributed by atoms with Crippen molar-refractivity contribution in [2.75, 3.05) is 0 Å². The summed E-state index contributed by atoms with van der Waals surface area (Å²) in [6.07, 6.45) is 0.736. The van der Waals surface area contributed by atoms with Crippen LogP contribution in [0, 0.1) is 5.92 Å². The maximum Gasteiger partial charge on any atom is 0.339 e. The van der Waals surface area contributed by atoms with Crippen LogP contribution >= 0.6 is 0 Å². The van der Waals surface area contributed by atoms with Gasteiger partial charge in [-0.2, -0.15) is 0 Å². The van der Waals surface area contributed by atoms with Crippen LogP contribution in [-0.2, 0) is 15.0 Å². The second-order valence-electron chi connectivity index (χ2n) is 6.91. The van der Waals surface area contributed by atoms with E-state index >= 15 is 0 Å². The first kappa shape index (κ1) is 17.2. The SMILES string of the molecule is CC(=NOC(=O)[C@H]1CC1(c1ccccc1)c1ccccc1)c1ccccc1. The van der Waals surface area contributed by atoms with Crippen LogP contribution in [0.3, 0.4) is 0 Å². The molecule has 3 heteroatoms. The fraction of sp³-hybridized carbons (Fsp3) is 0.167. The lowest BCUT2D eigenvalue weighted by Crippen LogP contribution is -2.18. The van der Waals surface area contributed by atoms with Gasteiger partial charge in [0.05, 0.1) is 11.6 Å². The largest absolute Gasteiger partial charge is 0.339 e. The molecule has 134 valence electrons. The van der Waals surface area contributed by atoms with E-state index in [0.29, 0.717) is 5.71 Å².